The van der Waals surface area contributed by atoms with Crippen LogP contribution in [0.25, 0.3) is 0 Å². The third-order valence-corrected chi connectivity index (χ3v) is 3.19. The van der Waals surface area contributed by atoms with Gasteiger partial charge in [-0.05, 0) is 6.07 Å². The van der Waals surface area contributed by atoms with E-state index in [1.807, 2.05) is 24.3 Å². The molecule has 0 saturated carbocycles. The Balaban J connectivity index is 2.41. The molecule has 1 aliphatic rings. The second-order valence-corrected chi connectivity index (χ2v) is 4.14. The third-order valence-electron chi connectivity index (χ3n) is 2.50. The maximum atomic E-state index is 5.70. The van der Waals surface area contributed by atoms with Crippen LogP contribution in [0, 0.1) is 0 Å². The van der Waals surface area contributed by atoms with Crippen molar-refractivity contribution in [2.24, 2.45) is 0 Å². The average Bonchev–Trinajstić information content (AvgIpc) is 2.68. The number of hydrogen-bond donors (Lipinski definition) is 0. The number of halogens is 1. The number of benzene rings is 1. The molecule has 0 spiro atoms. The fourth-order valence-electron chi connectivity index (χ4n) is 1.77. The summed E-state index contributed by atoms with van der Waals surface area (Å²) in [6, 6.07) is 8.05. The lowest BCUT2D eigenvalue weighted by molar-refractivity contribution is -0.168. The molecule has 2 rings (SSSR count). The highest BCUT2D eigenvalue weighted by Gasteiger charge is 2.37. The van der Waals surface area contributed by atoms with E-state index in [1.54, 1.807) is 0 Å². The minimum Gasteiger partial charge on any atom is -0.343 e. The first kappa shape index (κ1) is 10.1. The van der Waals surface area contributed by atoms with Crippen LogP contribution in [-0.2, 0) is 15.3 Å². The molecular weight excluding hydrogens is 244 g/mol. The Bertz CT molecular complexity index is 319. The normalized spacial score (nSPS) is 19.9. The first-order valence-electron chi connectivity index (χ1n) is 4.81. The molecule has 0 atom stereocenters. The predicted molar refractivity (Wildman–Crippen MR) is 58.0 cm³/mol. The van der Waals surface area contributed by atoms with E-state index < -0.39 is 5.79 Å². The zero-order chi connectivity index (χ0) is 10.0. The zero-order valence-corrected chi connectivity index (χ0v) is 9.71. The first-order chi connectivity index (χ1) is 6.78. The Morgan fingerprint density at radius 1 is 1.29 bits per heavy atom. The Hall–Kier alpha value is -0.380. The van der Waals surface area contributed by atoms with Gasteiger partial charge in [0.2, 0.25) is 0 Å². The van der Waals surface area contributed by atoms with E-state index in [0.717, 1.165) is 16.5 Å². The van der Waals surface area contributed by atoms with E-state index in [-0.39, 0.29) is 0 Å². The summed E-state index contributed by atoms with van der Waals surface area (Å²) in [6.07, 6.45) is 0.829. The van der Waals surface area contributed by atoms with Gasteiger partial charge in [0.25, 0.3) is 0 Å². The molecule has 0 unspecified atom stereocenters. The molecule has 3 heteroatoms. The van der Waals surface area contributed by atoms with Crippen LogP contribution in [0.2, 0.25) is 0 Å². The van der Waals surface area contributed by atoms with E-state index in [4.69, 9.17) is 9.47 Å². The van der Waals surface area contributed by atoms with Crippen molar-refractivity contribution >= 4 is 15.9 Å². The van der Waals surface area contributed by atoms with Crippen LogP contribution in [0.1, 0.15) is 18.9 Å². The third kappa shape index (κ3) is 1.60. The van der Waals surface area contributed by atoms with Crippen molar-refractivity contribution in [2.45, 2.75) is 19.1 Å². The molecule has 1 aromatic carbocycles. The molecule has 1 saturated heterocycles. The molecule has 0 aromatic heterocycles. The average molecular weight is 257 g/mol. The molecule has 0 N–H and O–H groups in total. The monoisotopic (exact) mass is 256 g/mol. The van der Waals surface area contributed by atoms with Gasteiger partial charge in [-0.3, -0.25) is 0 Å². The van der Waals surface area contributed by atoms with Crippen LogP contribution in [-0.4, -0.2) is 13.2 Å². The number of ether oxygens (including phenoxy) is 2. The molecule has 0 aliphatic carbocycles. The quantitative estimate of drug-likeness (QED) is 0.810. The van der Waals surface area contributed by atoms with Gasteiger partial charge in [-0.2, -0.15) is 0 Å². The Morgan fingerprint density at radius 3 is 2.50 bits per heavy atom. The van der Waals surface area contributed by atoms with Crippen molar-refractivity contribution in [2.75, 3.05) is 13.2 Å². The Morgan fingerprint density at radius 2 is 1.93 bits per heavy atom. The summed E-state index contributed by atoms with van der Waals surface area (Å²) in [5, 5.41) is 0. The van der Waals surface area contributed by atoms with Gasteiger partial charge in [-0.1, -0.05) is 41.1 Å². The van der Waals surface area contributed by atoms with E-state index in [0.29, 0.717) is 13.2 Å². The molecule has 1 fully saturated rings. The lowest BCUT2D eigenvalue weighted by Gasteiger charge is -2.27. The Kier molecular flexibility index (Phi) is 2.91. The fraction of sp³-hybridized carbons (Fsp3) is 0.455. The first-order valence-corrected chi connectivity index (χ1v) is 5.61. The van der Waals surface area contributed by atoms with E-state index in [9.17, 15) is 0 Å². The summed E-state index contributed by atoms with van der Waals surface area (Å²) in [5.74, 6) is -0.528. The number of rotatable bonds is 2. The lowest BCUT2D eigenvalue weighted by atomic mass is 10.0. The standard InChI is InChI=1S/C11H13BrO2/c1-2-11(13-7-8-14-11)9-5-3-4-6-10(9)12/h3-6H,2,7-8H2,1H3. The van der Waals surface area contributed by atoms with Crippen molar-refractivity contribution < 1.29 is 9.47 Å². The molecule has 14 heavy (non-hydrogen) atoms. The molecule has 76 valence electrons. The Labute approximate surface area is 92.3 Å². The largest absolute Gasteiger partial charge is 0.343 e. The van der Waals surface area contributed by atoms with Crippen molar-refractivity contribution in [1.82, 2.24) is 0 Å². The maximum absolute atomic E-state index is 5.70. The van der Waals surface area contributed by atoms with Crippen LogP contribution < -0.4 is 0 Å². The van der Waals surface area contributed by atoms with Gasteiger partial charge in [0.1, 0.15) is 0 Å². The summed E-state index contributed by atoms with van der Waals surface area (Å²) in [5.41, 5.74) is 1.08. The van der Waals surface area contributed by atoms with Crippen LogP contribution in [0.3, 0.4) is 0 Å². The van der Waals surface area contributed by atoms with Crippen LogP contribution in [0.15, 0.2) is 28.7 Å². The van der Waals surface area contributed by atoms with Crippen molar-refractivity contribution in [3.63, 3.8) is 0 Å². The minimum absolute atomic E-state index is 0.528. The van der Waals surface area contributed by atoms with E-state index in [1.165, 1.54) is 0 Å². The molecule has 2 nitrogen and oxygen atoms in total. The highest BCUT2D eigenvalue weighted by Crippen LogP contribution is 2.38. The molecule has 0 bridgehead atoms. The summed E-state index contributed by atoms with van der Waals surface area (Å²) < 4.78 is 12.5. The maximum Gasteiger partial charge on any atom is 0.195 e. The van der Waals surface area contributed by atoms with Gasteiger partial charge in [-0.25, -0.2) is 0 Å². The van der Waals surface area contributed by atoms with Gasteiger partial charge in [0, 0.05) is 16.5 Å². The molecule has 0 radical (unpaired) electrons. The summed E-state index contributed by atoms with van der Waals surface area (Å²) in [4.78, 5) is 0. The van der Waals surface area contributed by atoms with Crippen LogP contribution in [0.5, 0.6) is 0 Å². The molecule has 1 heterocycles. The highest BCUT2D eigenvalue weighted by atomic mass is 79.9. The second kappa shape index (κ2) is 4.01. The molecular formula is C11H13BrO2. The van der Waals surface area contributed by atoms with Crippen molar-refractivity contribution in [3.8, 4) is 0 Å². The van der Waals surface area contributed by atoms with E-state index in [2.05, 4.69) is 22.9 Å². The van der Waals surface area contributed by atoms with Crippen molar-refractivity contribution in [3.05, 3.63) is 34.3 Å². The van der Waals surface area contributed by atoms with Crippen LogP contribution in [0.4, 0.5) is 0 Å². The lowest BCUT2D eigenvalue weighted by Crippen LogP contribution is -2.26. The topological polar surface area (TPSA) is 18.5 Å². The molecule has 1 aliphatic heterocycles. The predicted octanol–water partition coefficient (Wildman–Crippen LogP) is 3.06. The molecule has 0 amide bonds. The van der Waals surface area contributed by atoms with Gasteiger partial charge in [0.05, 0.1) is 13.2 Å². The van der Waals surface area contributed by atoms with Gasteiger partial charge < -0.3 is 9.47 Å². The number of hydrogen-bond acceptors (Lipinski definition) is 2. The summed E-state index contributed by atoms with van der Waals surface area (Å²) in [7, 11) is 0. The second-order valence-electron chi connectivity index (χ2n) is 3.28. The van der Waals surface area contributed by atoms with E-state index >= 15 is 0 Å². The molecule has 1 aromatic rings. The van der Waals surface area contributed by atoms with Crippen LogP contribution >= 0.6 is 15.9 Å². The smallest absolute Gasteiger partial charge is 0.195 e. The van der Waals surface area contributed by atoms with Gasteiger partial charge in [0.15, 0.2) is 5.79 Å². The summed E-state index contributed by atoms with van der Waals surface area (Å²) in [6.45, 7) is 3.43. The van der Waals surface area contributed by atoms with Crippen molar-refractivity contribution in [1.29, 1.82) is 0 Å². The van der Waals surface area contributed by atoms with Gasteiger partial charge in [-0.15, -0.1) is 0 Å². The van der Waals surface area contributed by atoms with Gasteiger partial charge >= 0.3 is 0 Å². The highest BCUT2D eigenvalue weighted by molar-refractivity contribution is 9.10. The SMILES string of the molecule is CCC1(c2ccccc2Br)OCCO1. The fourth-order valence-corrected chi connectivity index (χ4v) is 2.36. The minimum atomic E-state index is -0.528. The summed E-state index contributed by atoms with van der Waals surface area (Å²) >= 11 is 3.52. The zero-order valence-electron chi connectivity index (χ0n) is 8.13.